The Kier molecular flexibility index (Phi) is 8.82. The summed E-state index contributed by atoms with van der Waals surface area (Å²) in [5, 5.41) is 7.65. The summed E-state index contributed by atoms with van der Waals surface area (Å²) in [7, 11) is 0. The smallest absolute Gasteiger partial charge is 0.136 e. The van der Waals surface area contributed by atoms with Crippen LogP contribution in [0, 0.1) is 0 Å². The number of para-hydroxylation sites is 2. The largest absolute Gasteiger partial charge is 0.456 e. The zero-order chi connectivity index (χ0) is 40.3. The van der Waals surface area contributed by atoms with E-state index in [0.717, 1.165) is 44.6 Å². The van der Waals surface area contributed by atoms with E-state index < -0.39 is 0 Å². The first kappa shape index (κ1) is 36.0. The second kappa shape index (κ2) is 15.0. The second-order valence-electron chi connectivity index (χ2n) is 16.6. The van der Waals surface area contributed by atoms with Gasteiger partial charge >= 0.3 is 0 Å². The van der Waals surface area contributed by atoms with Gasteiger partial charge in [0, 0.05) is 47.9 Å². The third-order valence-electron chi connectivity index (χ3n) is 13.1. The van der Waals surface area contributed by atoms with Crippen LogP contribution < -0.4 is 4.90 Å². The average Bonchev–Trinajstić information content (AvgIpc) is 3.91. The molecule has 0 N–H and O–H groups in total. The van der Waals surface area contributed by atoms with Crippen LogP contribution in [0.15, 0.2) is 199 Å². The van der Waals surface area contributed by atoms with Gasteiger partial charge in [0.05, 0.1) is 5.69 Å². The Labute approximate surface area is 360 Å². The van der Waals surface area contributed by atoms with Crippen LogP contribution in [0.25, 0.3) is 86.3 Å². The fourth-order valence-corrected chi connectivity index (χ4v) is 11.4. The zero-order valence-electron chi connectivity index (χ0n) is 33.9. The normalized spacial score (nSPS) is 13.5. The highest BCUT2D eigenvalue weighted by molar-refractivity contribution is 7.25. The van der Waals surface area contributed by atoms with Crippen LogP contribution in [-0.4, -0.2) is 0 Å². The van der Waals surface area contributed by atoms with Crippen molar-refractivity contribution in [1.82, 2.24) is 0 Å². The third kappa shape index (κ3) is 6.14. The van der Waals surface area contributed by atoms with Crippen molar-refractivity contribution in [3.8, 4) is 33.4 Å². The van der Waals surface area contributed by atoms with Crippen molar-refractivity contribution in [1.29, 1.82) is 0 Å². The molecule has 3 heteroatoms. The van der Waals surface area contributed by atoms with Crippen LogP contribution in [0.3, 0.4) is 0 Å². The number of hydrogen-bond donors (Lipinski definition) is 0. The van der Waals surface area contributed by atoms with Crippen molar-refractivity contribution >= 4 is 81.3 Å². The lowest BCUT2D eigenvalue weighted by Gasteiger charge is -2.29. The molecule has 0 saturated heterocycles. The molecule has 1 saturated carbocycles. The fraction of sp³-hybridized carbons (Fsp3) is 0.103. The van der Waals surface area contributed by atoms with Crippen molar-refractivity contribution in [2.75, 3.05) is 4.90 Å². The molecule has 1 aliphatic rings. The highest BCUT2D eigenvalue weighted by atomic mass is 32.1. The average molecular weight is 802 g/mol. The number of benzene rings is 9. The lowest BCUT2D eigenvalue weighted by molar-refractivity contribution is 0.445. The Morgan fingerprint density at radius 2 is 0.984 bits per heavy atom. The minimum atomic E-state index is 0.587. The van der Waals surface area contributed by atoms with Gasteiger partial charge in [-0.1, -0.05) is 159 Å². The van der Waals surface area contributed by atoms with Crippen LogP contribution in [0.2, 0.25) is 0 Å². The van der Waals surface area contributed by atoms with Gasteiger partial charge in [-0.05, 0) is 118 Å². The summed E-state index contributed by atoms with van der Waals surface area (Å²) in [5.41, 5.74) is 14.0. The molecule has 0 radical (unpaired) electrons. The first-order chi connectivity index (χ1) is 30.3. The molecule has 292 valence electrons. The summed E-state index contributed by atoms with van der Waals surface area (Å²) in [6, 6.07) is 71.5. The number of fused-ring (bicyclic) bond motifs is 7. The molecule has 0 bridgehead atoms. The van der Waals surface area contributed by atoms with E-state index in [1.165, 1.54) is 96.4 Å². The predicted octanol–water partition coefficient (Wildman–Crippen LogP) is 17.6. The summed E-state index contributed by atoms with van der Waals surface area (Å²) < 4.78 is 8.94. The van der Waals surface area contributed by atoms with Crippen molar-refractivity contribution in [2.24, 2.45) is 0 Å². The molecular weight excluding hydrogens is 759 g/mol. The maximum Gasteiger partial charge on any atom is 0.136 e. The minimum absolute atomic E-state index is 0.587. The standard InChI is InChI=1S/C58H43NOS/c1-2-14-38(15-3-1)44-21-10-16-41-17-11-24-48(56(41)44)47-18-4-7-25-51(47)59(42-34-30-39(31-35-42)45-22-12-27-53-57(45)49-19-5-8-26-52(49)60-53)43-36-32-40(33-37-43)46-23-13-29-55-58(46)50-20-6-9-28-54(50)61-55/h4-13,16-38H,1-3,14-15H2. The van der Waals surface area contributed by atoms with Gasteiger partial charge in [0.25, 0.3) is 0 Å². The monoisotopic (exact) mass is 801 g/mol. The number of furan rings is 1. The molecule has 9 aromatic carbocycles. The maximum atomic E-state index is 6.30. The number of rotatable bonds is 7. The quantitative estimate of drug-likeness (QED) is 0.160. The van der Waals surface area contributed by atoms with Crippen LogP contribution >= 0.6 is 11.3 Å². The van der Waals surface area contributed by atoms with Gasteiger partial charge in [0.15, 0.2) is 0 Å². The van der Waals surface area contributed by atoms with Gasteiger partial charge in [-0.25, -0.2) is 0 Å². The number of thiophene rings is 1. The first-order valence-electron chi connectivity index (χ1n) is 21.7. The SMILES string of the molecule is c1ccc(N(c2ccc(-c3cccc4oc5ccccc5c34)cc2)c2ccc(-c3cccc4sc5ccccc5c34)cc2)c(-c2cccc3cccc(C4CCCCC4)c23)c1. The Morgan fingerprint density at radius 1 is 0.410 bits per heavy atom. The minimum Gasteiger partial charge on any atom is -0.456 e. The second-order valence-corrected chi connectivity index (χ2v) is 17.7. The van der Waals surface area contributed by atoms with Crippen molar-refractivity contribution in [3.63, 3.8) is 0 Å². The molecule has 11 aromatic rings. The number of hydrogen-bond acceptors (Lipinski definition) is 3. The van der Waals surface area contributed by atoms with E-state index in [0.29, 0.717) is 5.92 Å². The van der Waals surface area contributed by atoms with Crippen LogP contribution in [0.4, 0.5) is 17.1 Å². The van der Waals surface area contributed by atoms with Crippen molar-refractivity contribution < 1.29 is 4.42 Å². The first-order valence-corrected chi connectivity index (χ1v) is 22.5. The van der Waals surface area contributed by atoms with Gasteiger partial charge in [-0.3, -0.25) is 0 Å². The van der Waals surface area contributed by atoms with Gasteiger partial charge < -0.3 is 9.32 Å². The van der Waals surface area contributed by atoms with E-state index in [9.17, 15) is 0 Å². The zero-order valence-corrected chi connectivity index (χ0v) is 34.7. The molecular formula is C58H43NOS. The van der Waals surface area contributed by atoms with Crippen LogP contribution in [-0.2, 0) is 0 Å². The van der Waals surface area contributed by atoms with E-state index in [2.05, 4.69) is 193 Å². The van der Waals surface area contributed by atoms with Crippen molar-refractivity contribution in [3.05, 3.63) is 200 Å². The Balaban J connectivity index is 1.03. The molecule has 12 rings (SSSR count). The summed E-state index contributed by atoms with van der Waals surface area (Å²) in [6.07, 6.45) is 6.48. The molecule has 0 unspecified atom stereocenters. The highest BCUT2D eigenvalue weighted by Crippen LogP contribution is 2.47. The molecule has 2 heterocycles. The Hall–Kier alpha value is -6.94. The predicted molar refractivity (Wildman–Crippen MR) is 261 cm³/mol. The number of nitrogens with zero attached hydrogens (tertiary/aromatic N) is 1. The summed E-state index contributed by atoms with van der Waals surface area (Å²) >= 11 is 1.87. The van der Waals surface area contributed by atoms with Crippen LogP contribution in [0.1, 0.15) is 43.6 Å². The molecule has 0 aliphatic heterocycles. The molecule has 2 nitrogen and oxygen atoms in total. The van der Waals surface area contributed by atoms with Crippen LogP contribution in [0.5, 0.6) is 0 Å². The molecule has 0 atom stereocenters. The molecule has 2 aromatic heterocycles. The molecule has 0 amide bonds. The van der Waals surface area contributed by atoms with Gasteiger partial charge in [-0.2, -0.15) is 0 Å². The van der Waals surface area contributed by atoms with E-state index in [4.69, 9.17) is 4.42 Å². The van der Waals surface area contributed by atoms with E-state index >= 15 is 0 Å². The van der Waals surface area contributed by atoms with Gasteiger partial charge in [-0.15, -0.1) is 11.3 Å². The summed E-state index contributed by atoms with van der Waals surface area (Å²) in [4.78, 5) is 2.46. The molecule has 1 fully saturated rings. The third-order valence-corrected chi connectivity index (χ3v) is 14.2. The lowest BCUT2D eigenvalue weighted by atomic mass is 9.80. The number of anilines is 3. The summed E-state index contributed by atoms with van der Waals surface area (Å²) in [6.45, 7) is 0. The fourth-order valence-electron chi connectivity index (χ4n) is 10.3. The van der Waals surface area contributed by atoms with Gasteiger partial charge in [0.2, 0.25) is 0 Å². The Morgan fingerprint density at radius 3 is 1.77 bits per heavy atom. The summed E-state index contributed by atoms with van der Waals surface area (Å²) in [5.74, 6) is 0.587. The van der Waals surface area contributed by atoms with E-state index in [1.807, 2.05) is 17.4 Å². The lowest BCUT2D eigenvalue weighted by Crippen LogP contribution is -2.11. The van der Waals surface area contributed by atoms with E-state index in [-0.39, 0.29) is 0 Å². The van der Waals surface area contributed by atoms with E-state index in [1.54, 1.807) is 0 Å². The van der Waals surface area contributed by atoms with Crippen molar-refractivity contribution in [2.45, 2.75) is 38.0 Å². The highest BCUT2D eigenvalue weighted by Gasteiger charge is 2.23. The molecule has 0 spiro atoms. The topological polar surface area (TPSA) is 16.4 Å². The Bertz CT molecular complexity index is 3240. The molecule has 61 heavy (non-hydrogen) atoms. The van der Waals surface area contributed by atoms with Gasteiger partial charge in [0.1, 0.15) is 11.2 Å². The maximum absolute atomic E-state index is 6.30. The molecule has 1 aliphatic carbocycles.